The summed E-state index contributed by atoms with van der Waals surface area (Å²) in [7, 11) is -0.744. The van der Waals surface area contributed by atoms with E-state index in [4.69, 9.17) is 16.3 Å². The van der Waals surface area contributed by atoms with Crippen LogP contribution >= 0.6 is 22.9 Å². The third kappa shape index (κ3) is 4.87. The third-order valence-corrected chi connectivity index (χ3v) is 7.50. The van der Waals surface area contributed by atoms with Crippen LogP contribution in [0.3, 0.4) is 0 Å². The zero-order valence-electron chi connectivity index (χ0n) is 17.0. The van der Waals surface area contributed by atoms with E-state index in [1.807, 2.05) is 6.07 Å². The molecule has 164 valence electrons. The molecule has 1 amide bonds. The highest BCUT2D eigenvalue weighted by Gasteiger charge is 2.18. The van der Waals surface area contributed by atoms with Gasteiger partial charge in [-0.05, 0) is 43.3 Å². The molecule has 3 rings (SSSR count). The van der Waals surface area contributed by atoms with Gasteiger partial charge in [-0.2, -0.15) is 4.99 Å². The van der Waals surface area contributed by atoms with Crippen LogP contribution in [0.25, 0.3) is 10.2 Å². The second kappa shape index (κ2) is 9.31. The molecule has 0 aliphatic heterocycles. The third-order valence-electron chi connectivity index (χ3n) is 4.32. The molecule has 0 radical (unpaired) electrons. The predicted octanol–water partition coefficient (Wildman–Crippen LogP) is 2.91. The lowest BCUT2D eigenvalue weighted by molar-refractivity contribution is -0.143. The molecule has 0 bridgehead atoms. The number of carbonyl (C=O) groups is 2. The van der Waals surface area contributed by atoms with Gasteiger partial charge in [0.25, 0.3) is 5.91 Å². The fourth-order valence-corrected chi connectivity index (χ4v) is 5.08. The number of esters is 1. The molecule has 0 fully saturated rings. The number of aromatic nitrogens is 1. The minimum atomic E-state index is -3.60. The van der Waals surface area contributed by atoms with Gasteiger partial charge < -0.3 is 9.30 Å². The Labute approximate surface area is 188 Å². The Bertz CT molecular complexity index is 1310. The van der Waals surface area contributed by atoms with E-state index in [9.17, 15) is 18.0 Å². The van der Waals surface area contributed by atoms with Crippen molar-refractivity contribution >= 4 is 55.1 Å². The lowest BCUT2D eigenvalue weighted by Gasteiger charge is -2.11. The molecule has 2 aromatic carbocycles. The Kier molecular flexibility index (Phi) is 6.95. The number of fused-ring (bicyclic) bond motifs is 1. The first kappa shape index (κ1) is 23.1. The molecule has 0 saturated carbocycles. The van der Waals surface area contributed by atoms with Gasteiger partial charge in [-0.1, -0.05) is 29.0 Å². The van der Waals surface area contributed by atoms with Crippen molar-refractivity contribution in [3.63, 3.8) is 0 Å². The molecule has 0 saturated heterocycles. The highest BCUT2D eigenvalue weighted by molar-refractivity contribution is 7.89. The summed E-state index contributed by atoms with van der Waals surface area (Å²) in [6.07, 6.45) is 0. The maximum Gasteiger partial charge on any atom is 0.326 e. The summed E-state index contributed by atoms with van der Waals surface area (Å²) in [6.45, 7) is 1.78. The molecule has 31 heavy (non-hydrogen) atoms. The fraction of sp³-hybridized carbons (Fsp3) is 0.250. The summed E-state index contributed by atoms with van der Waals surface area (Å²) in [5.74, 6) is -1.05. The molecule has 0 spiro atoms. The fourth-order valence-electron chi connectivity index (χ4n) is 2.79. The van der Waals surface area contributed by atoms with E-state index in [1.165, 1.54) is 49.7 Å². The van der Waals surface area contributed by atoms with Crippen molar-refractivity contribution in [2.45, 2.75) is 18.4 Å². The smallest absolute Gasteiger partial charge is 0.326 e. The number of rotatable bonds is 6. The van der Waals surface area contributed by atoms with Crippen LogP contribution in [0.4, 0.5) is 0 Å². The van der Waals surface area contributed by atoms with Crippen molar-refractivity contribution in [3.05, 3.63) is 57.9 Å². The second-order valence-electron chi connectivity index (χ2n) is 6.59. The van der Waals surface area contributed by atoms with Gasteiger partial charge >= 0.3 is 5.97 Å². The van der Waals surface area contributed by atoms with Gasteiger partial charge in [-0.15, -0.1) is 0 Å². The van der Waals surface area contributed by atoms with Crippen LogP contribution < -0.4 is 4.80 Å². The van der Waals surface area contributed by atoms with Crippen LogP contribution in [0.1, 0.15) is 17.3 Å². The number of nitrogens with zero attached hydrogens (tertiary/aromatic N) is 3. The van der Waals surface area contributed by atoms with Gasteiger partial charge in [0.15, 0.2) is 4.80 Å². The van der Waals surface area contributed by atoms with E-state index < -0.39 is 21.9 Å². The largest absolute Gasteiger partial charge is 0.465 e. The summed E-state index contributed by atoms with van der Waals surface area (Å²) in [5.41, 5.74) is 0.796. The highest BCUT2D eigenvalue weighted by Crippen LogP contribution is 2.25. The zero-order chi connectivity index (χ0) is 22.8. The number of carbonyl (C=O) groups excluding carboxylic acids is 2. The van der Waals surface area contributed by atoms with Gasteiger partial charge in [-0.3, -0.25) is 9.59 Å². The van der Waals surface area contributed by atoms with Crippen molar-refractivity contribution in [2.75, 3.05) is 20.7 Å². The summed E-state index contributed by atoms with van der Waals surface area (Å²) in [4.78, 5) is 29.4. The minimum Gasteiger partial charge on any atom is -0.465 e. The van der Waals surface area contributed by atoms with Crippen molar-refractivity contribution in [1.29, 1.82) is 0 Å². The lowest BCUT2D eigenvalue weighted by Crippen LogP contribution is -2.23. The number of thiazole rings is 1. The molecule has 1 heterocycles. The molecule has 11 heteroatoms. The predicted molar refractivity (Wildman–Crippen MR) is 119 cm³/mol. The van der Waals surface area contributed by atoms with Gasteiger partial charge in [0.1, 0.15) is 6.54 Å². The monoisotopic (exact) mass is 481 g/mol. The number of sulfonamides is 1. The van der Waals surface area contributed by atoms with Crippen molar-refractivity contribution in [1.82, 2.24) is 8.87 Å². The molecule has 8 nitrogen and oxygen atoms in total. The maximum atomic E-state index is 12.8. The number of ether oxygens (including phenoxy) is 1. The molecular weight excluding hydrogens is 462 g/mol. The second-order valence-corrected chi connectivity index (χ2v) is 10.2. The Morgan fingerprint density at radius 3 is 2.45 bits per heavy atom. The molecular formula is C20H20ClN3O5S2. The number of hydrogen-bond acceptors (Lipinski definition) is 6. The van der Waals surface area contributed by atoms with Gasteiger partial charge in [-0.25, -0.2) is 12.7 Å². The van der Waals surface area contributed by atoms with Crippen LogP contribution in [0.15, 0.2) is 52.4 Å². The molecule has 0 unspecified atom stereocenters. The number of amides is 1. The minimum absolute atomic E-state index is 0.0695. The van der Waals surface area contributed by atoms with Gasteiger partial charge in [0.2, 0.25) is 10.0 Å². The Balaban J connectivity index is 2.05. The molecule has 0 aliphatic carbocycles. The van der Waals surface area contributed by atoms with E-state index in [2.05, 4.69) is 4.99 Å². The van der Waals surface area contributed by atoms with Crippen LogP contribution in [0, 0.1) is 0 Å². The first-order valence-electron chi connectivity index (χ1n) is 9.20. The number of benzene rings is 2. The number of hydrogen-bond donors (Lipinski definition) is 0. The van der Waals surface area contributed by atoms with Crippen molar-refractivity contribution in [2.24, 2.45) is 4.99 Å². The number of para-hydroxylation sites is 1. The van der Waals surface area contributed by atoms with Crippen LogP contribution in [-0.2, 0) is 26.1 Å². The van der Waals surface area contributed by atoms with Gasteiger partial charge in [0.05, 0.1) is 26.7 Å². The Morgan fingerprint density at radius 2 is 1.84 bits per heavy atom. The summed E-state index contributed by atoms with van der Waals surface area (Å²) in [6, 6.07) is 10.8. The van der Waals surface area contributed by atoms with Gasteiger partial charge in [0, 0.05) is 19.7 Å². The SMILES string of the molecule is CCOC(=O)Cn1c(=NC(=O)c2ccc(S(=O)(=O)N(C)C)cc2)sc2cccc(Cl)c21. The topological polar surface area (TPSA) is 98.0 Å². The summed E-state index contributed by atoms with van der Waals surface area (Å²) in [5, 5.41) is 0.421. The van der Waals surface area contributed by atoms with E-state index in [1.54, 1.807) is 23.6 Å². The molecule has 3 aromatic rings. The molecule has 1 aromatic heterocycles. The Hall–Kier alpha value is -2.53. The molecule has 0 N–H and O–H groups in total. The highest BCUT2D eigenvalue weighted by atomic mass is 35.5. The van der Waals surface area contributed by atoms with E-state index in [0.29, 0.717) is 10.5 Å². The maximum absolute atomic E-state index is 12.8. The van der Waals surface area contributed by atoms with Crippen molar-refractivity contribution in [3.8, 4) is 0 Å². The van der Waals surface area contributed by atoms with E-state index in [0.717, 1.165) is 9.01 Å². The average molecular weight is 482 g/mol. The quantitative estimate of drug-likeness (QED) is 0.504. The molecule has 0 atom stereocenters. The lowest BCUT2D eigenvalue weighted by atomic mass is 10.2. The van der Waals surface area contributed by atoms with E-state index in [-0.39, 0.29) is 28.4 Å². The first-order valence-corrected chi connectivity index (χ1v) is 11.8. The van der Waals surface area contributed by atoms with Crippen LogP contribution in [0.2, 0.25) is 5.02 Å². The Morgan fingerprint density at radius 1 is 1.16 bits per heavy atom. The van der Waals surface area contributed by atoms with Crippen LogP contribution in [0.5, 0.6) is 0 Å². The summed E-state index contributed by atoms with van der Waals surface area (Å²) < 4.78 is 32.8. The summed E-state index contributed by atoms with van der Waals surface area (Å²) >= 11 is 7.53. The number of halogens is 1. The van der Waals surface area contributed by atoms with E-state index >= 15 is 0 Å². The molecule has 0 aliphatic rings. The average Bonchev–Trinajstić information content (AvgIpc) is 3.06. The first-order chi connectivity index (χ1) is 14.6. The zero-order valence-corrected chi connectivity index (χ0v) is 19.4. The standard InChI is InChI=1S/C20H20ClN3O5S2/c1-4-29-17(25)12-24-18-15(21)6-5-7-16(18)30-20(24)22-19(26)13-8-10-14(11-9-13)31(27,28)23(2)3/h5-11H,4,12H2,1-3H3. The van der Waals surface area contributed by atoms with Crippen molar-refractivity contribution < 1.29 is 22.7 Å². The normalized spacial score (nSPS) is 12.5. The van der Waals surface area contributed by atoms with Crippen LogP contribution in [-0.4, -0.2) is 49.9 Å².